The van der Waals surface area contributed by atoms with Gasteiger partial charge in [0.25, 0.3) is 0 Å². The van der Waals surface area contributed by atoms with Crippen LogP contribution in [0.15, 0.2) is 12.3 Å². The molecule has 0 radical (unpaired) electrons. The molecule has 5 heterocycles. The number of hydrogen-bond donors (Lipinski definition) is 1. The van der Waals surface area contributed by atoms with Gasteiger partial charge in [0.05, 0.1) is 52.0 Å². The number of esters is 5. The molecule has 0 aromatic heterocycles. The molecule has 16 nitrogen and oxygen atoms in total. The standard InChI is InChI=1S/C34H42O16/c1-14(35)46-18-11-19(47-15(2)36)32(27(40)42-7)13-44-21-24(32)31(18)12-45-22(26(39)41-6)23(31)29(4,25(21)38)34-20-10-17(30(34,5)50-34)33(49-16(3)37)8-9-43-28(33)48-20/h8-9,17-25,28,38H,10-13H2,1-7H3/t17-,18+,19-,20+,21-,22+,23+,24-,25-,28+,29+,30+,31-,32+,33+,34+/m1/s1. The number of fused-ring (bicyclic) bond motifs is 7. The fourth-order valence-corrected chi connectivity index (χ4v) is 12.3. The van der Waals surface area contributed by atoms with Crippen molar-refractivity contribution in [2.24, 2.45) is 34.0 Å². The van der Waals surface area contributed by atoms with Crippen molar-refractivity contribution < 1.29 is 76.4 Å². The van der Waals surface area contributed by atoms with Gasteiger partial charge in [-0.2, -0.15) is 0 Å². The molecule has 16 heteroatoms. The van der Waals surface area contributed by atoms with Crippen molar-refractivity contribution in [3.05, 3.63) is 12.3 Å². The number of rotatable bonds is 6. The Morgan fingerprint density at radius 3 is 2.20 bits per heavy atom. The lowest BCUT2D eigenvalue weighted by molar-refractivity contribution is -0.298. The van der Waals surface area contributed by atoms with Crippen LogP contribution in [0.25, 0.3) is 0 Å². The van der Waals surface area contributed by atoms with Crippen LogP contribution in [0.2, 0.25) is 0 Å². The summed E-state index contributed by atoms with van der Waals surface area (Å²) in [5, 5.41) is 12.9. The van der Waals surface area contributed by atoms with Gasteiger partial charge < -0.3 is 52.5 Å². The molecule has 274 valence electrons. The topological polar surface area (TPSA) is 201 Å². The smallest absolute Gasteiger partial charge is 0.335 e. The van der Waals surface area contributed by atoms with E-state index in [9.17, 15) is 29.1 Å². The van der Waals surface area contributed by atoms with Gasteiger partial charge in [-0.25, -0.2) is 4.79 Å². The highest BCUT2D eigenvalue weighted by atomic mass is 16.7. The number of epoxide rings is 1. The van der Waals surface area contributed by atoms with E-state index in [2.05, 4.69) is 0 Å². The summed E-state index contributed by atoms with van der Waals surface area (Å²) in [4.78, 5) is 65.7. The van der Waals surface area contributed by atoms with E-state index in [0.717, 1.165) is 0 Å². The van der Waals surface area contributed by atoms with Crippen molar-refractivity contribution >= 4 is 29.8 Å². The van der Waals surface area contributed by atoms with Crippen molar-refractivity contribution in [1.82, 2.24) is 0 Å². The van der Waals surface area contributed by atoms with E-state index in [-0.39, 0.29) is 19.6 Å². The third kappa shape index (κ3) is 3.56. The van der Waals surface area contributed by atoms with Gasteiger partial charge >= 0.3 is 29.8 Å². The molecule has 16 atom stereocenters. The zero-order valence-electron chi connectivity index (χ0n) is 28.8. The van der Waals surface area contributed by atoms with E-state index < -0.39 is 124 Å². The fourth-order valence-electron chi connectivity index (χ4n) is 12.3. The van der Waals surface area contributed by atoms with Gasteiger partial charge in [-0.3, -0.25) is 19.2 Å². The van der Waals surface area contributed by atoms with Crippen LogP contribution in [0.1, 0.15) is 47.5 Å². The lowest BCUT2D eigenvalue weighted by Crippen LogP contribution is -2.77. The maximum atomic E-state index is 14.1. The summed E-state index contributed by atoms with van der Waals surface area (Å²) >= 11 is 0. The molecule has 0 aromatic rings. The van der Waals surface area contributed by atoms with Crippen LogP contribution in [0.5, 0.6) is 0 Å². The molecule has 0 aromatic carbocycles. The van der Waals surface area contributed by atoms with Crippen molar-refractivity contribution in [1.29, 1.82) is 0 Å². The van der Waals surface area contributed by atoms with Crippen LogP contribution >= 0.6 is 0 Å². The van der Waals surface area contributed by atoms with E-state index in [4.69, 9.17) is 47.4 Å². The summed E-state index contributed by atoms with van der Waals surface area (Å²) in [6.45, 7) is 6.82. The average molecular weight is 707 g/mol. The summed E-state index contributed by atoms with van der Waals surface area (Å²) in [7, 11) is 2.41. The molecule has 7 fully saturated rings. The molecule has 3 aliphatic carbocycles. The quantitative estimate of drug-likeness (QED) is 0.221. The monoisotopic (exact) mass is 706 g/mol. The molecule has 0 amide bonds. The summed E-state index contributed by atoms with van der Waals surface area (Å²) < 4.78 is 60.6. The number of aliphatic hydroxyl groups is 1. The second-order valence-corrected chi connectivity index (χ2v) is 15.4. The second-order valence-electron chi connectivity index (χ2n) is 15.4. The Hall–Kier alpha value is -3.31. The van der Waals surface area contributed by atoms with Gasteiger partial charge in [0.15, 0.2) is 6.10 Å². The maximum Gasteiger partial charge on any atom is 0.335 e. The molecule has 8 rings (SSSR count). The zero-order valence-corrected chi connectivity index (χ0v) is 28.8. The third-order valence-corrected chi connectivity index (χ3v) is 13.7. The Morgan fingerprint density at radius 1 is 0.860 bits per heavy atom. The van der Waals surface area contributed by atoms with Gasteiger partial charge in [-0.15, -0.1) is 0 Å². The molecule has 50 heavy (non-hydrogen) atoms. The Balaban J connectivity index is 1.36. The minimum Gasteiger partial charge on any atom is -0.468 e. The molecule has 3 saturated carbocycles. The van der Waals surface area contributed by atoms with Crippen LogP contribution in [0.3, 0.4) is 0 Å². The molecule has 2 bridgehead atoms. The fraction of sp³-hybridized carbons (Fsp3) is 0.794. The number of carbonyl (C=O) groups is 5. The first kappa shape index (κ1) is 33.8. The van der Waals surface area contributed by atoms with E-state index in [0.29, 0.717) is 6.42 Å². The number of hydrogen-bond acceptors (Lipinski definition) is 16. The van der Waals surface area contributed by atoms with E-state index in [1.807, 2.05) is 6.92 Å². The van der Waals surface area contributed by atoms with Crippen LogP contribution in [-0.2, 0) is 71.3 Å². The predicted molar refractivity (Wildman–Crippen MR) is 159 cm³/mol. The first-order valence-corrected chi connectivity index (χ1v) is 16.9. The minimum atomic E-state index is -1.68. The van der Waals surface area contributed by atoms with Gasteiger partial charge in [-0.05, 0) is 13.3 Å². The third-order valence-electron chi connectivity index (χ3n) is 13.7. The first-order valence-electron chi connectivity index (χ1n) is 16.9. The van der Waals surface area contributed by atoms with Crippen molar-refractivity contribution in [2.45, 2.75) is 107 Å². The molecular weight excluding hydrogens is 664 g/mol. The molecule has 4 saturated heterocycles. The van der Waals surface area contributed by atoms with Crippen LogP contribution in [-0.4, -0.2) is 122 Å². The summed E-state index contributed by atoms with van der Waals surface area (Å²) in [6.07, 6.45) is -4.79. The van der Waals surface area contributed by atoms with Gasteiger partial charge in [0.1, 0.15) is 28.8 Å². The molecule has 8 aliphatic rings. The van der Waals surface area contributed by atoms with Gasteiger partial charge in [0.2, 0.25) is 11.9 Å². The van der Waals surface area contributed by atoms with Gasteiger partial charge in [0, 0.05) is 61.9 Å². The normalized spacial score (nSPS) is 52.7. The van der Waals surface area contributed by atoms with E-state index in [1.165, 1.54) is 41.3 Å². The molecule has 5 aliphatic heterocycles. The Morgan fingerprint density at radius 2 is 1.56 bits per heavy atom. The minimum absolute atomic E-state index is 0.162. The predicted octanol–water partition coefficient (Wildman–Crippen LogP) is 0.101. The highest BCUT2D eigenvalue weighted by Crippen LogP contribution is 2.82. The summed E-state index contributed by atoms with van der Waals surface area (Å²) in [6, 6.07) is 0. The van der Waals surface area contributed by atoms with Crippen LogP contribution < -0.4 is 0 Å². The largest absolute Gasteiger partial charge is 0.468 e. The maximum absolute atomic E-state index is 14.1. The van der Waals surface area contributed by atoms with Crippen LogP contribution in [0, 0.1) is 34.0 Å². The molecule has 1 N–H and O–H groups in total. The molecule has 1 spiro atoms. The van der Waals surface area contributed by atoms with E-state index >= 15 is 0 Å². The number of aliphatic hydroxyl groups excluding tert-OH is 1. The van der Waals surface area contributed by atoms with Crippen molar-refractivity contribution in [3.63, 3.8) is 0 Å². The highest BCUT2D eigenvalue weighted by molar-refractivity contribution is 5.81. The lowest BCUT2D eigenvalue weighted by Gasteiger charge is -2.65. The van der Waals surface area contributed by atoms with E-state index in [1.54, 1.807) is 13.0 Å². The molecule has 0 unspecified atom stereocenters. The molecular formula is C34H42O16. The Labute approximate surface area is 287 Å². The highest BCUT2D eigenvalue weighted by Gasteiger charge is 2.96. The van der Waals surface area contributed by atoms with Crippen molar-refractivity contribution in [3.8, 4) is 0 Å². The second kappa shape index (κ2) is 10.4. The first-order chi connectivity index (χ1) is 23.6. The average Bonchev–Trinajstić information content (AvgIpc) is 3.49. The van der Waals surface area contributed by atoms with Gasteiger partial charge in [-0.1, -0.05) is 6.92 Å². The lowest BCUT2D eigenvalue weighted by atomic mass is 9.38. The SMILES string of the molecule is COC(=O)[C@H]1OC[C@@]23[C@@H](OC(C)=O)C[C@@H](OC(C)=O)[C@@]4(C(=O)OC)CO[C@@H]([C@@H](O)[C@@](C)([C@]56O[C@@]5(C)[C@H]5C[C@@H]6O[C@@H]6OC=C[C@@]65OC(C)=O)[C@H]12)[C@@H]43. The summed E-state index contributed by atoms with van der Waals surface area (Å²) in [5.41, 5.74) is -8.48. The zero-order chi connectivity index (χ0) is 36.0. The Kier molecular flexibility index (Phi) is 7.03. The number of methoxy groups -OCH3 is 2. The number of ether oxygens (including phenoxy) is 10. The number of carbonyl (C=O) groups excluding carboxylic acids is 5. The van der Waals surface area contributed by atoms with Crippen LogP contribution in [0.4, 0.5) is 0 Å². The summed E-state index contributed by atoms with van der Waals surface area (Å²) in [5.74, 6) is -6.04. The Bertz CT molecular complexity index is 1600. The van der Waals surface area contributed by atoms with Crippen molar-refractivity contribution in [2.75, 3.05) is 27.4 Å².